The maximum atomic E-state index is 5.66. The van der Waals surface area contributed by atoms with Gasteiger partial charge < -0.3 is 4.12 Å². The second kappa shape index (κ2) is 9.71. The van der Waals surface area contributed by atoms with Crippen LogP contribution in [0.3, 0.4) is 0 Å². The van der Waals surface area contributed by atoms with Gasteiger partial charge in [0.05, 0.1) is 0 Å². The number of hydrogen-bond donors (Lipinski definition) is 0. The highest BCUT2D eigenvalue weighted by Crippen LogP contribution is 2.19. The van der Waals surface area contributed by atoms with E-state index in [1.807, 2.05) is 12.1 Å². The molecular weight excluding hydrogens is 288 g/mol. The van der Waals surface area contributed by atoms with Crippen molar-refractivity contribution < 1.29 is 4.12 Å². The second-order valence-electron chi connectivity index (χ2n) is 5.18. The van der Waals surface area contributed by atoms with Gasteiger partial charge in [-0.1, -0.05) is 81.4 Å². The van der Waals surface area contributed by atoms with Crippen LogP contribution in [0, 0.1) is 0 Å². The summed E-state index contributed by atoms with van der Waals surface area (Å²) in [7, 11) is -0.193. The summed E-state index contributed by atoms with van der Waals surface area (Å²) in [4.78, 5) is 0. The highest BCUT2D eigenvalue weighted by molar-refractivity contribution is 6.75. The zero-order valence-corrected chi connectivity index (χ0v) is 16.8. The Kier molecular flexibility index (Phi) is 8.27. The van der Waals surface area contributed by atoms with Crippen molar-refractivity contribution in [1.82, 2.24) is 0 Å². The molecular formula is C18H28OSi2. The van der Waals surface area contributed by atoms with E-state index in [1.54, 1.807) is 0 Å². The van der Waals surface area contributed by atoms with E-state index in [-0.39, 0.29) is 0 Å². The minimum absolute atomic E-state index is 0.937. The van der Waals surface area contributed by atoms with Crippen LogP contribution in [0.2, 0.25) is 18.1 Å². The molecule has 0 amide bonds. The van der Waals surface area contributed by atoms with Crippen molar-refractivity contribution in [3.05, 3.63) is 60.7 Å². The van der Waals surface area contributed by atoms with E-state index < -0.39 is 8.32 Å². The third-order valence-electron chi connectivity index (χ3n) is 4.25. The molecule has 0 bridgehead atoms. The zero-order chi connectivity index (χ0) is 15.6. The molecule has 0 heterocycles. The minimum atomic E-state index is -1.13. The fourth-order valence-corrected chi connectivity index (χ4v) is 7.41. The first-order valence-electron chi connectivity index (χ1n) is 7.87. The Morgan fingerprint density at radius 3 is 1.24 bits per heavy atom. The lowest BCUT2D eigenvalue weighted by molar-refractivity contribution is 0.587. The highest BCUT2D eigenvalue weighted by Gasteiger charge is 2.25. The highest BCUT2D eigenvalue weighted by atomic mass is 28.4. The molecule has 2 aromatic carbocycles. The van der Waals surface area contributed by atoms with E-state index in [2.05, 4.69) is 69.3 Å². The Bertz CT molecular complexity index is 426. The van der Waals surface area contributed by atoms with Crippen LogP contribution in [-0.4, -0.2) is 18.8 Å². The van der Waals surface area contributed by atoms with E-state index >= 15 is 0 Å². The summed E-state index contributed by atoms with van der Waals surface area (Å²) in [6.07, 6.45) is 0. The van der Waals surface area contributed by atoms with Crippen LogP contribution in [0.15, 0.2) is 60.7 Å². The fourth-order valence-electron chi connectivity index (χ4n) is 2.44. The number of rotatable bonds is 5. The molecule has 1 nitrogen and oxygen atoms in total. The van der Waals surface area contributed by atoms with Gasteiger partial charge >= 0.3 is 0 Å². The molecule has 2 aromatic rings. The first kappa shape index (κ1) is 17.9. The van der Waals surface area contributed by atoms with Gasteiger partial charge in [-0.05, 0) is 29.3 Å². The quantitative estimate of drug-likeness (QED) is 0.730. The molecule has 2 rings (SSSR count). The van der Waals surface area contributed by atoms with Crippen LogP contribution >= 0.6 is 0 Å². The molecule has 0 aromatic heterocycles. The fraction of sp³-hybridized carbons (Fsp3) is 0.333. The van der Waals surface area contributed by atoms with E-state index in [0.29, 0.717) is 0 Å². The largest absolute Gasteiger partial charge is 0.463 e. The van der Waals surface area contributed by atoms with Crippen molar-refractivity contribution in [3.8, 4) is 11.1 Å². The zero-order valence-electron chi connectivity index (χ0n) is 13.8. The van der Waals surface area contributed by atoms with Crippen molar-refractivity contribution in [2.24, 2.45) is 0 Å². The van der Waals surface area contributed by atoms with Crippen LogP contribution in [0.4, 0.5) is 0 Å². The summed E-state index contributed by atoms with van der Waals surface area (Å²) < 4.78 is 5.66. The summed E-state index contributed by atoms with van der Waals surface area (Å²) >= 11 is 0. The topological polar surface area (TPSA) is 9.23 Å². The van der Waals surface area contributed by atoms with Crippen molar-refractivity contribution in [2.75, 3.05) is 0 Å². The predicted octanol–water partition coefficient (Wildman–Crippen LogP) is 4.64. The van der Waals surface area contributed by atoms with Crippen molar-refractivity contribution >= 4 is 18.8 Å². The lowest BCUT2D eigenvalue weighted by Crippen LogP contribution is -2.34. The van der Waals surface area contributed by atoms with Crippen LogP contribution < -0.4 is 0 Å². The summed E-state index contributed by atoms with van der Waals surface area (Å²) in [5.41, 5.74) is 2.55. The molecule has 0 fully saturated rings. The first-order valence-corrected chi connectivity index (χ1v) is 11.2. The van der Waals surface area contributed by atoms with Gasteiger partial charge in [0, 0.05) is 0 Å². The maximum absolute atomic E-state index is 5.66. The van der Waals surface area contributed by atoms with Crippen LogP contribution in [0.25, 0.3) is 11.1 Å². The number of benzene rings is 2. The summed E-state index contributed by atoms with van der Waals surface area (Å²) in [5, 5.41) is 0. The van der Waals surface area contributed by atoms with Gasteiger partial charge in [0.1, 0.15) is 10.5 Å². The molecule has 0 radical (unpaired) electrons. The van der Waals surface area contributed by atoms with E-state index in [4.69, 9.17) is 4.12 Å². The smallest absolute Gasteiger partial charge is 0.178 e. The van der Waals surface area contributed by atoms with Gasteiger partial charge in [-0.15, -0.1) is 0 Å². The maximum Gasteiger partial charge on any atom is 0.178 e. The minimum Gasteiger partial charge on any atom is -0.463 e. The SMILES string of the molecule is CC[Si](CC)(CC)O[SiH3].c1ccc(-c2ccccc2)cc1. The lowest BCUT2D eigenvalue weighted by atomic mass is 10.1. The molecule has 0 unspecified atom stereocenters. The molecule has 3 heteroatoms. The Morgan fingerprint density at radius 2 is 1.05 bits per heavy atom. The van der Waals surface area contributed by atoms with Crippen molar-refractivity contribution in [1.29, 1.82) is 0 Å². The van der Waals surface area contributed by atoms with Crippen molar-refractivity contribution in [2.45, 2.75) is 38.9 Å². The summed E-state index contributed by atoms with van der Waals surface area (Å²) in [6, 6.07) is 24.7. The molecule has 0 saturated heterocycles. The van der Waals surface area contributed by atoms with Gasteiger partial charge in [0.15, 0.2) is 8.32 Å². The lowest BCUT2D eigenvalue weighted by Gasteiger charge is -2.25. The molecule has 0 aliphatic rings. The third kappa shape index (κ3) is 5.61. The molecule has 0 N–H and O–H groups in total. The average molecular weight is 317 g/mol. The first-order chi connectivity index (χ1) is 10.2. The average Bonchev–Trinajstić information content (AvgIpc) is 2.60. The third-order valence-corrected chi connectivity index (χ3v) is 11.6. The van der Waals surface area contributed by atoms with E-state index in [1.165, 1.54) is 29.3 Å². The molecule has 21 heavy (non-hydrogen) atoms. The standard InChI is InChI=1S/C12H10.C6H18OSi2/c1-3-7-11(8-4-1)12-9-5-2-6-10-12;1-4-9(5-2,6-3)7-8/h1-10H;4-6H2,1-3,8H3. The van der Waals surface area contributed by atoms with E-state index in [0.717, 1.165) is 10.5 Å². The van der Waals surface area contributed by atoms with Gasteiger partial charge in [-0.25, -0.2) is 0 Å². The van der Waals surface area contributed by atoms with Crippen LogP contribution in [-0.2, 0) is 4.12 Å². The summed E-state index contributed by atoms with van der Waals surface area (Å²) in [5.74, 6) is 0. The van der Waals surface area contributed by atoms with Crippen molar-refractivity contribution in [3.63, 3.8) is 0 Å². The molecule has 0 saturated carbocycles. The predicted molar refractivity (Wildman–Crippen MR) is 100 cm³/mol. The Morgan fingerprint density at radius 1 is 0.714 bits per heavy atom. The molecule has 0 aliphatic carbocycles. The Hall–Kier alpha value is -1.17. The normalized spacial score (nSPS) is 10.8. The monoisotopic (exact) mass is 316 g/mol. The second-order valence-corrected chi connectivity index (χ2v) is 11.3. The number of hydrogen-bond acceptors (Lipinski definition) is 1. The molecule has 0 atom stereocenters. The Labute approximate surface area is 134 Å². The summed E-state index contributed by atoms with van der Waals surface area (Å²) in [6.45, 7) is 6.78. The van der Waals surface area contributed by atoms with Gasteiger partial charge in [-0.3, -0.25) is 0 Å². The van der Waals surface area contributed by atoms with Gasteiger partial charge in [0.25, 0.3) is 0 Å². The molecule has 0 spiro atoms. The molecule has 114 valence electrons. The van der Waals surface area contributed by atoms with Crippen LogP contribution in [0.1, 0.15) is 20.8 Å². The van der Waals surface area contributed by atoms with E-state index in [9.17, 15) is 0 Å². The Balaban J connectivity index is 0.000000222. The molecule has 0 aliphatic heterocycles. The van der Waals surface area contributed by atoms with Gasteiger partial charge in [-0.2, -0.15) is 0 Å². The van der Waals surface area contributed by atoms with Crippen LogP contribution in [0.5, 0.6) is 0 Å². The van der Waals surface area contributed by atoms with Gasteiger partial charge in [0.2, 0.25) is 0 Å².